The van der Waals surface area contributed by atoms with Gasteiger partial charge in [-0.3, -0.25) is 0 Å². The van der Waals surface area contributed by atoms with Crippen molar-refractivity contribution < 1.29 is 18.3 Å². The lowest BCUT2D eigenvalue weighted by molar-refractivity contribution is 0.124. The molecule has 7 heteroatoms. The zero-order chi connectivity index (χ0) is 18.0. The number of halogens is 2. The van der Waals surface area contributed by atoms with E-state index < -0.39 is 11.6 Å². The highest BCUT2D eigenvalue weighted by molar-refractivity contribution is 5.47. The molecule has 25 heavy (non-hydrogen) atoms. The van der Waals surface area contributed by atoms with E-state index in [1.807, 2.05) is 4.90 Å². The first-order valence-corrected chi connectivity index (χ1v) is 8.11. The second-order valence-electron chi connectivity index (χ2n) is 6.17. The van der Waals surface area contributed by atoms with Crippen LogP contribution < -0.4 is 14.4 Å². The van der Waals surface area contributed by atoms with E-state index in [4.69, 9.17) is 9.47 Å². The summed E-state index contributed by atoms with van der Waals surface area (Å²) in [6.45, 7) is 2.51. The van der Waals surface area contributed by atoms with Crippen LogP contribution in [0.5, 0.6) is 11.5 Å². The predicted molar refractivity (Wildman–Crippen MR) is 90.5 cm³/mol. The van der Waals surface area contributed by atoms with Crippen LogP contribution in [0.2, 0.25) is 0 Å². The van der Waals surface area contributed by atoms with Gasteiger partial charge >= 0.3 is 0 Å². The van der Waals surface area contributed by atoms with Gasteiger partial charge in [0.2, 0.25) is 5.95 Å². The van der Waals surface area contributed by atoms with E-state index in [0.29, 0.717) is 41.5 Å². The molecule has 2 heterocycles. The summed E-state index contributed by atoms with van der Waals surface area (Å²) < 4.78 is 39.7. The molecule has 0 spiro atoms. The summed E-state index contributed by atoms with van der Waals surface area (Å²) in [6.07, 6.45) is 1.74. The maximum Gasteiger partial charge on any atom is 0.220 e. The Bertz CT molecular complexity index is 740. The Labute approximate surface area is 145 Å². The van der Waals surface area contributed by atoms with Crippen molar-refractivity contribution in [3.63, 3.8) is 0 Å². The lowest BCUT2D eigenvalue weighted by Gasteiger charge is -2.38. The van der Waals surface area contributed by atoms with E-state index in [1.165, 1.54) is 6.33 Å². The largest absolute Gasteiger partial charge is 0.497 e. The lowest BCUT2D eigenvalue weighted by atomic mass is 9.86. The summed E-state index contributed by atoms with van der Waals surface area (Å²) in [4.78, 5) is 9.59. The monoisotopic (exact) mass is 349 g/mol. The Morgan fingerprint density at radius 1 is 1.04 bits per heavy atom. The van der Waals surface area contributed by atoms with Gasteiger partial charge in [0.05, 0.1) is 14.2 Å². The second-order valence-corrected chi connectivity index (χ2v) is 6.17. The molecule has 0 unspecified atom stereocenters. The topological polar surface area (TPSA) is 47.5 Å². The number of alkyl halides is 1. The van der Waals surface area contributed by atoms with Gasteiger partial charge in [0.15, 0.2) is 0 Å². The van der Waals surface area contributed by atoms with Gasteiger partial charge in [0, 0.05) is 37.6 Å². The number of nitrogens with zero attached hydrogens (tertiary/aromatic N) is 3. The molecule has 0 saturated carbocycles. The molecule has 1 aliphatic rings. The summed E-state index contributed by atoms with van der Waals surface area (Å²) in [6, 6.07) is 5.12. The molecular weight excluding hydrogens is 328 g/mol. The quantitative estimate of drug-likeness (QED) is 0.792. The normalized spacial score (nSPS) is 16.6. The SMILES string of the molecule is COc1cc(OC)cc(C2(F)CCN(c3ncnc(F)c3C)CC2)c1. The highest BCUT2D eigenvalue weighted by Crippen LogP contribution is 2.41. The highest BCUT2D eigenvalue weighted by atomic mass is 19.1. The van der Waals surface area contributed by atoms with Crippen LogP contribution >= 0.6 is 0 Å². The number of ether oxygens (including phenoxy) is 2. The van der Waals surface area contributed by atoms with Crippen molar-refractivity contribution in [3.05, 3.63) is 41.6 Å². The molecule has 0 radical (unpaired) electrons. The smallest absolute Gasteiger partial charge is 0.220 e. The van der Waals surface area contributed by atoms with Crippen LogP contribution in [0.4, 0.5) is 14.6 Å². The van der Waals surface area contributed by atoms with Crippen molar-refractivity contribution in [3.8, 4) is 11.5 Å². The van der Waals surface area contributed by atoms with E-state index >= 15 is 4.39 Å². The van der Waals surface area contributed by atoms with Crippen LogP contribution in [0.25, 0.3) is 0 Å². The van der Waals surface area contributed by atoms with Crippen LogP contribution in [0.3, 0.4) is 0 Å². The third-order valence-corrected chi connectivity index (χ3v) is 4.72. The fraction of sp³-hybridized carbons (Fsp3) is 0.444. The molecule has 1 aromatic carbocycles. The summed E-state index contributed by atoms with van der Waals surface area (Å²) in [5, 5.41) is 0. The average molecular weight is 349 g/mol. The fourth-order valence-corrected chi connectivity index (χ4v) is 3.17. The lowest BCUT2D eigenvalue weighted by Crippen LogP contribution is -2.41. The van der Waals surface area contributed by atoms with Crippen molar-refractivity contribution in [2.75, 3.05) is 32.2 Å². The van der Waals surface area contributed by atoms with Gasteiger partial charge in [-0.05, 0) is 24.6 Å². The minimum absolute atomic E-state index is 0.272. The number of aromatic nitrogens is 2. The molecule has 1 aliphatic heterocycles. The summed E-state index contributed by atoms with van der Waals surface area (Å²) >= 11 is 0. The minimum Gasteiger partial charge on any atom is -0.497 e. The summed E-state index contributed by atoms with van der Waals surface area (Å²) in [5.74, 6) is 1.10. The third kappa shape index (κ3) is 3.36. The molecule has 134 valence electrons. The Hall–Kier alpha value is -2.44. The zero-order valence-electron chi connectivity index (χ0n) is 14.6. The molecule has 1 aromatic heterocycles. The molecule has 1 fully saturated rings. The molecule has 0 N–H and O–H groups in total. The van der Waals surface area contributed by atoms with Gasteiger partial charge in [-0.25, -0.2) is 14.4 Å². The molecular formula is C18H21F2N3O2. The van der Waals surface area contributed by atoms with Gasteiger partial charge in [-0.1, -0.05) is 0 Å². The van der Waals surface area contributed by atoms with Crippen LogP contribution in [-0.4, -0.2) is 37.3 Å². The number of hydrogen-bond donors (Lipinski definition) is 0. The Morgan fingerprint density at radius 3 is 2.20 bits per heavy atom. The van der Waals surface area contributed by atoms with Crippen LogP contribution in [0.1, 0.15) is 24.0 Å². The molecule has 0 aliphatic carbocycles. The van der Waals surface area contributed by atoms with Gasteiger partial charge in [0.1, 0.15) is 29.3 Å². The van der Waals surface area contributed by atoms with Gasteiger partial charge in [0.25, 0.3) is 0 Å². The molecule has 0 bridgehead atoms. The number of methoxy groups -OCH3 is 2. The number of rotatable bonds is 4. The first-order valence-electron chi connectivity index (χ1n) is 8.11. The highest BCUT2D eigenvalue weighted by Gasteiger charge is 2.37. The van der Waals surface area contributed by atoms with Gasteiger partial charge in [-0.15, -0.1) is 0 Å². The predicted octanol–water partition coefficient (Wildman–Crippen LogP) is 3.41. The Morgan fingerprint density at radius 2 is 1.64 bits per heavy atom. The zero-order valence-corrected chi connectivity index (χ0v) is 14.6. The summed E-state index contributed by atoms with van der Waals surface area (Å²) in [5.41, 5.74) is -0.566. The fourth-order valence-electron chi connectivity index (χ4n) is 3.17. The second kappa shape index (κ2) is 6.82. The van der Waals surface area contributed by atoms with Gasteiger partial charge < -0.3 is 14.4 Å². The molecule has 3 rings (SSSR count). The van der Waals surface area contributed by atoms with E-state index in [9.17, 15) is 4.39 Å². The maximum atomic E-state index is 15.6. The molecule has 0 amide bonds. The first-order chi connectivity index (χ1) is 12.0. The number of anilines is 1. The summed E-state index contributed by atoms with van der Waals surface area (Å²) in [7, 11) is 3.08. The van der Waals surface area contributed by atoms with Crippen molar-refractivity contribution in [2.45, 2.75) is 25.4 Å². The van der Waals surface area contributed by atoms with E-state index in [-0.39, 0.29) is 12.8 Å². The van der Waals surface area contributed by atoms with Crippen LogP contribution in [0.15, 0.2) is 24.5 Å². The van der Waals surface area contributed by atoms with Crippen LogP contribution in [0, 0.1) is 12.9 Å². The number of piperidine rings is 1. The maximum absolute atomic E-state index is 15.6. The number of benzene rings is 1. The number of hydrogen-bond acceptors (Lipinski definition) is 5. The standard InChI is InChI=1S/C18H21F2N3O2/c1-12-16(19)21-11-22-17(12)23-6-4-18(20,5-7-23)13-8-14(24-2)10-15(9-13)25-3/h8-11H,4-7H2,1-3H3. The molecule has 0 atom stereocenters. The van der Waals surface area contributed by atoms with Crippen molar-refractivity contribution in [1.29, 1.82) is 0 Å². The van der Waals surface area contributed by atoms with Crippen molar-refractivity contribution >= 4 is 5.82 Å². The van der Waals surface area contributed by atoms with Crippen molar-refractivity contribution in [1.82, 2.24) is 9.97 Å². The first kappa shape index (κ1) is 17.4. The third-order valence-electron chi connectivity index (χ3n) is 4.72. The van der Waals surface area contributed by atoms with Gasteiger partial charge in [-0.2, -0.15) is 4.39 Å². The van der Waals surface area contributed by atoms with Crippen molar-refractivity contribution in [2.24, 2.45) is 0 Å². The minimum atomic E-state index is -1.49. The van der Waals surface area contributed by atoms with Crippen LogP contribution in [-0.2, 0) is 5.67 Å². The van der Waals surface area contributed by atoms with E-state index in [2.05, 4.69) is 9.97 Å². The molecule has 1 saturated heterocycles. The van der Waals surface area contributed by atoms with E-state index in [0.717, 1.165) is 0 Å². The van der Waals surface area contributed by atoms with E-state index in [1.54, 1.807) is 39.3 Å². The Balaban J connectivity index is 1.82. The average Bonchev–Trinajstić information content (AvgIpc) is 2.64. The molecule has 2 aromatic rings. The Kier molecular flexibility index (Phi) is 4.74. The molecule has 5 nitrogen and oxygen atoms in total.